The Morgan fingerprint density at radius 2 is 2.16 bits per heavy atom. The van der Waals surface area contributed by atoms with Crippen molar-refractivity contribution in [1.82, 2.24) is 5.32 Å². The van der Waals surface area contributed by atoms with Crippen molar-refractivity contribution >= 4 is 17.6 Å². The van der Waals surface area contributed by atoms with Gasteiger partial charge in [-0.05, 0) is 38.1 Å². The zero-order valence-electron chi connectivity index (χ0n) is 11.4. The molecule has 4 nitrogen and oxygen atoms in total. The normalized spacial score (nSPS) is 10.3. The number of nitrogens with one attached hydrogen (secondary N) is 1. The van der Waals surface area contributed by atoms with Gasteiger partial charge in [-0.25, -0.2) is 4.79 Å². The molecule has 0 amide bonds. The molecule has 0 unspecified atom stereocenters. The highest BCUT2D eigenvalue weighted by Gasteiger charge is 2.08. The van der Waals surface area contributed by atoms with Crippen LogP contribution in [-0.2, 0) is 16.1 Å². The van der Waals surface area contributed by atoms with Gasteiger partial charge in [0.2, 0.25) is 0 Å². The summed E-state index contributed by atoms with van der Waals surface area (Å²) in [5, 5.41) is 3.93. The first-order chi connectivity index (χ1) is 9.17. The first kappa shape index (κ1) is 15.8. The van der Waals surface area contributed by atoms with Crippen LogP contribution in [0, 0.1) is 0 Å². The standard InChI is InChI=1S/C14H20ClNO3/c1-3-7-16-9-11-8-12(15)5-6-13(11)19-10-14(17)18-4-2/h5-6,8,16H,3-4,7,9-10H2,1-2H3. The first-order valence-corrected chi connectivity index (χ1v) is 6.82. The molecular formula is C14H20ClNO3. The number of carbonyl (C=O) groups is 1. The van der Waals surface area contributed by atoms with Crippen LogP contribution >= 0.6 is 11.6 Å². The average molecular weight is 286 g/mol. The number of hydrogen-bond acceptors (Lipinski definition) is 4. The minimum Gasteiger partial charge on any atom is -0.482 e. The summed E-state index contributed by atoms with van der Waals surface area (Å²) in [5.74, 6) is 0.283. The molecule has 0 aliphatic rings. The van der Waals surface area contributed by atoms with Crippen LogP contribution in [-0.4, -0.2) is 25.7 Å². The average Bonchev–Trinajstić information content (AvgIpc) is 2.38. The molecule has 0 aliphatic carbocycles. The van der Waals surface area contributed by atoms with Crippen LogP contribution in [0.25, 0.3) is 0 Å². The van der Waals surface area contributed by atoms with E-state index in [4.69, 9.17) is 21.1 Å². The van der Waals surface area contributed by atoms with Crippen LogP contribution in [0.1, 0.15) is 25.8 Å². The topological polar surface area (TPSA) is 47.6 Å². The predicted molar refractivity (Wildman–Crippen MR) is 75.6 cm³/mol. The molecule has 1 aromatic rings. The van der Waals surface area contributed by atoms with Crippen molar-refractivity contribution in [3.8, 4) is 5.75 Å². The second-order valence-electron chi connectivity index (χ2n) is 4.02. The maximum absolute atomic E-state index is 11.3. The molecule has 19 heavy (non-hydrogen) atoms. The number of halogens is 1. The molecule has 0 radical (unpaired) electrons. The smallest absolute Gasteiger partial charge is 0.344 e. The minimum absolute atomic E-state index is 0.0871. The minimum atomic E-state index is -0.370. The van der Waals surface area contributed by atoms with E-state index in [1.165, 1.54) is 0 Å². The molecule has 0 heterocycles. The van der Waals surface area contributed by atoms with Crippen LogP contribution < -0.4 is 10.1 Å². The number of carbonyl (C=O) groups excluding carboxylic acids is 1. The lowest BCUT2D eigenvalue weighted by molar-refractivity contribution is -0.145. The fourth-order valence-corrected chi connectivity index (χ4v) is 1.76. The molecule has 106 valence electrons. The summed E-state index contributed by atoms with van der Waals surface area (Å²) in [5.41, 5.74) is 0.935. The van der Waals surface area contributed by atoms with E-state index in [1.807, 2.05) is 6.07 Å². The molecule has 1 aromatic carbocycles. The third kappa shape index (κ3) is 5.94. The largest absolute Gasteiger partial charge is 0.482 e. The van der Waals surface area contributed by atoms with Crippen molar-refractivity contribution in [1.29, 1.82) is 0 Å². The Labute approximate surface area is 119 Å². The second-order valence-corrected chi connectivity index (χ2v) is 4.46. The van der Waals surface area contributed by atoms with E-state index in [-0.39, 0.29) is 12.6 Å². The van der Waals surface area contributed by atoms with Crippen molar-refractivity contribution in [2.24, 2.45) is 0 Å². The van der Waals surface area contributed by atoms with Gasteiger partial charge in [-0.3, -0.25) is 0 Å². The number of rotatable bonds is 8. The molecular weight excluding hydrogens is 266 g/mol. The Morgan fingerprint density at radius 1 is 1.37 bits per heavy atom. The van der Waals surface area contributed by atoms with E-state index in [9.17, 15) is 4.79 Å². The molecule has 0 bridgehead atoms. The SMILES string of the molecule is CCCNCc1cc(Cl)ccc1OCC(=O)OCC. The van der Waals surface area contributed by atoms with E-state index in [1.54, 1.807) is 19.1 Å². The van der Waals surface area contributed by atoms with Crippen LogP contribution in [0.2, 0.25) is 5.02 Å². The molecule has 1 N–H and O–H groups in total. The molecule has 0 fully saturated rings. The van der Waals surface area contributed by atoms with Crippen molar-refractivity contribution in [2.45, 2.75) is 26.8 Å². The highest BCUT2D eigenvalue weighted by atomic mass is 35.5. The van der Waals surface area contributed by atoms with Crippen LogP contribution in [0.4, 0.5) is 0 Å². The zero-order chi connectivity index (χ0) is 14.1. The molecule has 0 aromatic heterocycles. The summed E-state index contributed by atoms with van der Waals surface area (Å²) in [4.78, 5) is 11.3. The fourth-order valence-electron chi connectivity index (χ4n) is 1.57. The zero-order valence-corrected chi connectivity index (χ0v) is 12.1. The Bertz CT molecular complexity index is 410. The number of ether oxygens (including phenoxy) is 2. The van der Waals surface area contributed by atoms with Crippen LogP contribution in [0.5, 0.6) is 5.75 Å². The van der Waals surface area contributed by atoms with Crippen molar-refractivity contribution < 1.29 is 14.3 Å². The van der Waals surface area contributed by atoms with E-state index in [0.717, 1.165) is 18.5 Å². The predicted octanol–water partition coefficient (Wildman–Crippen LogP) is 2.78. The quantitative estimate of drug-likeness (QED) is 0.589. The Hall–Kier alpha value is -1.26. The van der Waals surface area contributed by atoms with Gasteiger partial charge < -0.3 is 14.8 Å². The Kier molecular flexibility index (Phi) is 7.30. The molecule has 0 saturated heterocycles. The van der Waals surface area contributed by atoms with Gasteiger partial charge in [0.1, 0.15) is 5.75 Å². The van der Waals surface area contributed by atoms with Gasteiger partial charge in [0, 0.05) is 17.1 Å². The van der Waals surface area contributed by atoms with Gasteiger partial charge in [0.25, 0.3) is 0 Å². The Morgan fingerprint density at radius 3 is 2.84 bits per heavy atom. The van der Waals surface area contributed by atoms with Gasteiger partial charge in [0.05, 0.1) is 6.61 Å². The van der Waals surface area contributed by atoms with E-state index >= 15 is 0 Å². The maximum Gasteiger partial charge on any atom is 0.344 e. The van der Waals surface area contributed by atoms with Gasteiger partial charge >= 0.3 is 5.97 Å². The van der Waals surface area contributed by atoms with Crippen molar-refractivity contribution in [3.05, 3.63) is 28.8 Å². The second kappa shape index (κ2) is 8.77. The van der Waals surface area contributed by atoms with Crippen LogP contribution in [0.3, 0.4) is 0 Å². The molecule has 0 aliphatic heterocycles. The summed E-state index contributed by atoms with van der Waals surface area (Å²) < 4.78 is 10.3. The van der Waals surface area contributed by atoms with Gasteiger partial charge in [-0.15, -0.1) is 0 Å². The summed E-state index contributed by atoms with van der Waals surface area (Å²) in [6.45, 7) is 5.71. The van der Waals surface area contributed by atoms with E-state index in [2.05, 4.69) is 12.2 Å². The summed E-state index contributed by atoms with van der Waals surface area (Å²) >= 11 is 5.97. The summed E-state index contributed by atoms with van der Waals surface area (Å²) in [7, 11) is 0. The molecule has 5 heteroatoms. The number of hydrogen-bond donors (Lipinski definition) is 1. The maximum atomic E-state index is 11.3. The third-order valence-electron chi connectivity index (χ3n) is 2.42. The molecule has 0 saturated carbocycles. The van der Waals surface area contributed by atoms with Crippen molar-refractivity contribution in [2.75, 3.05) is 19.8 Å². The Balaban J connectivity index is 2.62. The fraction of sp³-hybridized carbons (Fsp3) is 0.500. The monoisotopic (exact) mass is 285 g/mol. The van der Waals surface area contributed by atoms with Gasteiger partial charge in [-0.2, -0.15) is 0 Å². The lowest BCUT2D eigenvalue weighted by Gasteiger charge is -2.12. The highest BCUT2D eigenvalue weighted by molar-refractivity contribution is 6.30. The van der Waals surface area contributed by atoms with E-state index < -0.39 is 0 Å². The van der Waals surface area contributed by atoms with Crippen molar-refractivity contribution in [3.63, 3.8) is 0 Å². The lowest BCUT2D eigenvalue weighted by atomic mass is 10.2. The summed E-state index contributed by atoms with van der Waals surface area (Å²) in [6.07, 6.45) is 1.06. The van der Waals surface area contributed by atoms with Gasteiger partial charge in [-0.1, -0.05) is 18.5 Å². The first-order valence-electron chi connectivity index (χ1n) is 6.45. The van der Waals surface area contributed by atoms with Gasteiger partial charge in [0.15, 0.2) is 6.61 Å². The van der Waals surface area contributed by atoms with Crippen LogP contribution in [0.15, 0.2) is 18.2 Å². The molecule has 1 rings (SSSR count). The number of benzene rings is 1. The lowest BCUT2D eigenvalue weighted by Crippen LogP contribution is -2.17. The van der Waals surface area contributed by atoms with E-state index in [0.29, 0.717) is 23.9 Å². The summed E-state index contributed by atoms with van der Waals surface area (Å²) in [6, 6.07) is 5.35. The molecule has 0 spiro atoms. The number of esters is 1. The highest BCUT2D eigenvalue weighted by Crippen LogP contribution is 2.22. The molecule has 0 atom stereocenters. The third-order valence-corrected chi connectivity index (χ3v) is 2.65.